The Hall–Kier alpha value is -0.780. The zero-order chi connectivity index (χ0) is 22.1. The van der Waals surface area contributed by atoms with Gasteiger partial charge in [-0.05, 0) is 85.4 Å². The minimum Gasteiger partial charge on any atom is -0.481 e. The van der Waals surface area contributed by atoms with Crippen LogP contribution in [0.4, 0.5) is 13.2 Å². The number of carbonyl (C=O) groups is 1. The van der Waals surface area contributed by atoms with Gasteiger partial charge < -0.3 is 10.2 Å². The van der Waals surface area contributed by atoms with E-state index in [2.05, 4.69) is 13.8 Å². The first kappa shape index (κ1) is 22.4. The fourth-order valence-corrected chi connectivity index (χ4v) is 8.75. The van der Waals surface area contributed by atoms with Crippen LogP contribution >= 0.6 is 0 Å². The number of aliphatic hydroxyl groups excluding tert-OH is 1. The van der Waals surface area contributed by atoms with Crippen molar-refractivity contribution in [2.45, 2.75) is 84.2 Å². The molecule has 0 bridgehead atoms. The van der Waals surface area contributed by atoms with E-state index in [-0.39, 0.29) is 46.8 Å². The van der Waals surface area contributed by atoms with Crippen LogP contribution in [0, 0.1) is 52.3 Å². The number of rotatable bonds is 4. The molecule has 4 rings (SSSR count). The van der Waals surface area contributed by atoms with Gasteiger partial charge in [0.15, 0.2) is 0 Å². The van der Waals surface area contributed by atoms with Crippen LogP contribution in [0.25, 0.3) is 0 Å². The Bertz CT molecular complexity index is 685. The average Bonchev–Trinajstić information content (AvgIpc) is 3.00. The predicted molar refractivity (Wildman–Crippen MR) is 108 cm³/mol. The van der Waals surface area contributed by atoms with Gasteiger partial charge in [0.1, 0.15) is 6.67 Å². The van der Waals surface area contributed by atoms with Gasteiger partial charge in [-0.25, -0.2) is 8.78 Å². The molecule has 0 aliphatic heterocycles. The van der Waals surface area contributed by atoms with Gasteiger partial charge in [0.2, 0.25) is 0 Å². The molecule has 30 heavy (non-hydrogen) atoms. The predicted octanol–water partition coefficient (Wildman–Crippen LogP) is 5.56. The second-order valence-electron chi connectivity index (χ2n) is 11.5. The number of alkyl halides is 3. The Morgan fingerprint density at radius 2 is 1.70 bits per heavy atom. The first-order chi connectivity index (χ1) is 14.0. The summed E-state index contributed by atoms with van der Waals surface area (Å²) in [6, 6.07) is 0. The lowest BCUT2D eigenvalue weighted by Gasteiger charge is -2.63. The van der Waals surface area contributed by atoms with E-state index in [0.717, 1.165) is 19.3 Å². The van der Waals surface area contributed by atoms with Crippen LogP contribution < -0.4 is 0 Å². The highest BCUT2D eigenvalue weighted by molar-refractivity contribution is 5.70. The molecule has 0 aromatic rings. The third-order valence-corrected chi connectivity index (χ3v) is 10.5. The highest BCUT2D eigenvalue weighted by Gasteiger charge is 2.68. The van der Waals surface area contributed by atoms with Crippen molar-refractivity contribution in [2.75, 3.05) is 6.67 Å². The summed E-state index contributed by atoms with van der Waals surface area (Å²) in [6.07, 6.45) is 4.32. The number of aliphatic carboxylic acids is 1. The second kappa shape index (κ2) is 7.38. The number of carboxylic acid groups (broad SMARTS) is 1. The zero-order valence-corrected chi connectivity index (χ0v) is 18.4. The summed E-state index contributed by atoms with van der Waals surface area (Å²) < 4.78 is 44.8. The molecule has 172 valence electrons. The molecule has 0 amide bonds. The fourth-order valence-electron chi connectivity index (χ4n) is 8.75. The van der Waals surface area contributed by atoms with Crippen LogP contribution in [0.3, 0.4) is 0 Å². The van der Waals surface area contributed by atoms with Crippen molar-refractivity contribution in [2.24, 2.45) is 52.3 Å². The molecule has 0 aromatic heterocycles. The van der Waals surface area contributed by atoms with Crippen LogP contribution in [0.2, 0.25) is 0 Å². The van der Waals surface area contributed by atoms with E-state index in [1.54, 1.807) is 0 Å². The minimum atomic E-state index is -2.76. The van der Waals surface area contributed by atoms with Crippen molar-refractivity contribution in [3.63, 3.8) is 0 Å². The van der Waals surface area contributed by atoms with Gasteiger partial charge in [0, 0.05) is 12.3 Å². The molecular weight excluding hydrogens is 393 g/mol. The van der Waals surface area contributed by atoms with Crippen LogP contribution in [-0.4, -0.2) is 34.9 Å². The minimum absolute atomic E-state index is 0.0326. The molecule has 10 atom stereocenters. The topological polar surface area (TPSA) is 57.5 Å². The van der Waals surface area contributed by atoms with E-state index >= 15 is 8.78 Å². The van der Waals surface area contributed by atoms with Crippen LogP contribution in [0.5, 0.6) is 0 Å². The molecule has 4 aliphatic carbocycles. The van der Waals surface area contributed by atoms with Crippen LogP contribution in [0.1, 0.15) is 72.1 Å². The quantitative estimate of drug-likeness (QED) is 0.614. The normalized spacial score (nSPS) is 49.4. The maximum atomic E-state index is 15.7. The molecule has 0 saturated heterocycles. The summed E-state index contributed by atoms with van der Waals surface area (Å²) in [5, 5.41) is 19.6. The van der Waals surface area contributed by atoms with E-state index in [1.807, 2.05) is 6.92 Å². The number of fused-ring (bicyclic) bond motifs is 5. The summed E-state index contributed by atoms with van der Waals surface area (Å²) in [5.41, 5.74) is -0.511. The van der Waals surface area contributed by atoms with Gasteiger partial charge in [-0.2, -0.15) is 0 Å². The van der Waals surface area contributed by atoms with Crippen molar-refractivity contribution in [1.29, 1.82) is 0 Å². The molecule has 4 fully saturated rings. The highest BCUT2D eigenvalue weighted by atomic mass is 19.3. The van der Waals surface area contributed by atoms with Gasteiger partial charge in [0.25, 0.3) is 5.92 Å². The molecule has 0 radical (unpaired) electrons. The molecular formula is C24H37F3O3. The molecule has 2 N–H and O–H groups in total. The van der Waals surface area contributed by atoms with Crippen molar-refractivity contribution in [3.05, 3.63) is 0 Å². The highest BCUT2D eigenvalue weighted by Crippen LogP contribution is 2.71. The summed E-state index contributed by atoms with van der Waals surface area (Å²) in [5.74, 6) is -6.34. The van der Waals surface area contributed by atoms with Gasteiger partial charge >= 0.3 is 5.97 Å². The molecule has 3 nitrogen and oxygen atoms in total. The summed E-state index contributed by atoms with van der Waals surface area (Å²) in [6.45, 7) is 5.16. The molecule has 4 aliphatic rings. The standard InChI is InChI=1S/C24H37F3O3/c1-13(16(12-25)21(29)30)17-4-5-18-20-19(7-9-23(17,18)3)22(2)8-6-15(28)10-14(22)11-24(20,26)27/h13-20,28H,4-12H2,1-3H3,(H,29,30)/t13-,14+,15-,16+,17-,18?,19?,20?,22+,23-/m1/s1. The maximum Gasteiger partial charge on any atom is 0.309 e. The molecule has 0 heterocycles. The summed E-state index contributed by atoms with van der Waals surface area (Å²) >= 11 is 0. The Labute approximate surface area is 177 Å². The number of hydrogen-bond donors (Lipinski definition) is 2. The van der Waals surface area contributed by atoms with Crippen LogP contribution in [-0.2, 0) is 4.79 Å². The zero-order valence-electron chi connectivity index (χ0n) is 18.4. The number of hydrogen-bond acceptors (Lipinski definition) is 2. The van der Waals surface area contributed by atoms with Crippen molar-refractivity contribution in [3.8, 4) is 0 Å². The second-order valence-corrected chi connectivity index (χ2v) is 11.5. The van der Waals surface area contributed by atoms with Crippen molar-refractivity contribution >= 4 is 5.97 Å². The average molecular weight is 431 g/mol. The Morgan fingerprint density at radius 3 is 2.33 bits per heavy atom. The largest absolute Gasteiger partial charge is 0.481 e. The first-order valence-electron chi connectivity index (χ1n) is 11.8. The van der Waals surface area contributed by atoms with E-state index in [0.29, 0.717) is 25.7 Å². The van der Waals surface area contributed by atoms with Crippen molar-refractivity contribution in [1.82, 2.24) is 0 Å². The maximum absolute atomic E-state index is 15.7. The molecule has 4 saturated carbocycles. The Kier molecular flexibility index (Phi) is 5.52. The number of halogens is 3. The third kappa shape index (κ3) is 3.14. The smallest absolute Gasteiger partial charge is 0.309 e. The SMILES string of the molecule is C[C@H]([C@H](CF)C(=O)O)[C@H]1CCC2C3C(CC[C@@]21C)[C@@]1(C)CC[C@@H](O)C[C@H]1CC3(F)F. The van der Waals surface area contributed by atoms with Gasteiger partial charge in [-0.3, -0.25) is 9.18 Å². The molecule has 3 unspecified atom stereocenters. The van der Waals surface area contributed by atoms with E-state index < -0.39 is 36.5 Å². The third-order valence-electron chi connectivity index (χ3n) is 10.5. The number of carboxylic acids is 1. The fraction of sp³-hybridized carbons (Fsp3) is 0.958. The lowest BCUT2D eigenvalue weighted by molar-refractivity contribution is -0.238. The summed E-state index contributed by atoms with van der Waals surface area (Å²) in [7, 11) is 0. The summed E-state index contributed by atoms with van der Waals surface area (Å²) in [4.78, 5) is 11.6. The number of aliphatic hydroxyl groups is 1. The van der Waals surface area contributed by atoms with E-state index in [4.69, 9.17) is 0 Å². The van der Waals surface area contributed by atoms with E-state index in [1.165, 1.54) is 0 Å². The first-order valence-corrected chi connectivity index (χ1v) is 11.8. The van der Waals surface area contributed by atoms with Gasteiger partial charge in [-0.15, -0.1) is 0 Å². The molecule has 0 spiro atoms. The Morgan fingerprint density at radius 1 is 1.07 bits per heavy atom. The van der Waals surface area contributed by atoms with Crippen molar-refractivity contribution < 1.29 is 28.2 Å². The van der Waals surface area contributed by atoms with Gasteiger partial charge in [-0.1, -0.05) is 20.8 Å². The van der Waals surface area contributed by atoms with Gasteiger partial charge in [0.05, 0.1) is 12.0 Å². The Balaban J connectivity index is 1.65. The molecule has 0 aromatic carbocycles. The molecule has 6 heteroatoms. The van der Waals surface area contributed by atoms with Crippen LogP contribution in [0.15, 0.2) is 0 Å². The lowest BCUT2D eigenvalue weighted by Crippen LogP contribution is -2.61. The monoisotopic (exact) mass is 430 g/mol. The van der Waals surface area contributed by atoms with E-state index in [9.17, 15) is 19.4 Å². The lowest BCUT2D eigenvalue weighted by atomic mass is 9.43.